The third-order valence-electron chi connectivity index (χ3n) is 5.37. The number of amides is 1. The molecule has 1 atom stereocenters. The number of anilines is 1. The SMILES string of the molecule is COc1ccc(N(Cc2cccs2)C2CCN(C(C)CC(N)=O)CC2)cc1. The molecule has 2 N–H and O–H groups in total. The molecular formula is C21H29N3O2S. The molecule has 5 nitrogen and oxygen atoms in total. The number of ether oxygens (including phenoxy) is 1. The first-order valence-corrected chi connectivity index (χ1v) is 10.4. The number of piperidine rings is 1. The quantitative estimate of drug-likeness (QED) is 0.753. The number of nitrogens with two attached hydrogens (primary N) is 1. The van der Waals surface area contributed by atoms with Crippen molar-refractivity contribution >= 4 is 22.9 Å². The molecule has 0 saturated carbocycles. The van der Waals surface area contributed by atoms with Crippen LogP contribution in [0.5, 0.6) is 5.75 Å². The Morgan fingerprint density at radius 1 is 1.30 bits per heavy atom. The summed E-state index contributed by atoms with van der Waals surface area (Å²) < 4.78 is 5.31. The lowest BCUT2D eigenvalue weighted by molar-refractivity contribution is -0.119. The number of benzene rings is 1. The van der Waals surface area contributed by atoms with E-state index in [4.69, 9.17) is 10.5 Å². The summed E-state index contributed by atoms with van der Waals surface area (Å²) in [7, 11) is 1.70. The summed E-state index contributed by atoms with van der Waals surface area (Å²) in [5.74, 6) is 0.659. The van der Waals surface area contributed by atoms with E-state index in [9.17, 15) is 4.79 Å². The highest BCUT2D eigenvalue weighted by molar-refractivity contribution is 7.09. The van der Waals surface area contributed by atoms with Crippen LogP contribution in [0.3, 0.4) is 0 Å². The summed E-state index contributed by atoms with van der Waals surface area (Å²) in [5, 5.41) is 2.13. The van der Waals surface area contributed by atoms with Gasteiger partial charge in [-0.15, -0.1) is 11.3 Å². The molecular weight excluding hydrogens is 358 g/mol. The van der Waals surface area contributed by atoms with Gasteiger partial charge in [-0.2, -0.15) is 0 Å². The lowest BCUT2D eigenvalue weighted by atomic mass is 9.99. The van der Waals surface area contributed by atoms with Gasteiger partial charge in [0.05, 0.1) is 13.7 Å². The highest BCUT2D eigenvalue weighted by Crippen LogP contribution is 2.29. The topological polar surface area (TPSA) is 58.8 Å². The zero-order chi connectivity index (χ0) is 19.2. The van der Waals surface area contributed by atoms with Crippen LogP contribution in [-0.4, -0.2) is 43.1 Å². The van der Waals surface area contributed by atoms with Gasteiger partial charge >= 0.3 is 0 Å². The number of carbonyl (C=O) groups is 1. The fourth-order valence-electron chi connectivity index (χ4n) is 3.83. The van der Waals surface area contributed by atoms with Crippen molar-refractivity contribution < 1.29 is 9.53 Å². The van der Waals surface area contributed by atoms with Crippen molar-refractivity contribution in [2.75, 3.05) is 25.1 Å². The van der Waals surface area contributed by atoms with Gasteiger partial charge in [0.1, 0.15) is 5.75 Å². The molecule has 6 heteroatoms. The lowest BCUT2D eigenvalue weighted by Crippen LogP contribution is -2.48. The fraction of sp³-hybridized carbons (Fsp3) is 0.476. The van der Waals surface area contributed by atoms with Crippen molar-refractivity contribution in [3.8, 4) is 5.75 Å². The first kappa shape index (κ1) is 19.7. The third-order valence-corrected chi connectivity index (χ3v) is 6.23. The van der Waals surface area contributed by atoms with Crippen LogP contribution in [0.25, 0.3) is 0 Å². The first-order chi connectivity index (χ1) is 13.1. The van der Waals surface area contributed by atoms with Crippen molar-refractivity contribution in [2.45, 2.75) is 44.8 Å². The number of rotatable bonds is 8. The minimum Gasteiger partial charge on any atom is -0.497 e. The molecule has 1 fully saturated rings. The predicted molar refractivity (Wildman–Crippen MR) is 111 cm³/mol. The van der Waals surface area contributed by atoms with E-state index in [1.165, 1.54) is 10.6 Å². The van der Waals surface area contributed by atoms with Crippen LogP contribution in [0.1, 0.15) is 31.1 Å². The number of nitrogens with zero attached hydrogens (tertiary/aromatic N) is 2. The summed E-state index contributed by atoms with van der Waals surface area (Å²) >= 11 is 1.80. The minimum absolute atomic E-state index is 0.218. The maximum Gasteiger partial charge on any atom is 0.218 e. The standard InChI is InChI=1S/C21H29N3O2S/c1-16(14-21(22)25)23-11-9-18(10-12-23)24(15-20-4-3-13-27-20)17-5-7-19(26-2)8-6-17/h3-8,13,16,18H,9-12,14-15H2,1-2H3,(H2,22,25). The molecule has 1 aliphatic rings. The Balaban J connectivity index is 1.70. The van der Waals surface area contributed by atoms with Gasteiger partial charge in [0.2, 0.25) is 5.91 Å². The van der Waals surface area contributed by atoms with Gasteiger partial charge < -0.3 is 15.4 Å². The molecule has 1 aliphatic heterocycles. The molecule has 3 rings (SSSR count). The van der Waals surface area contributed by atoms with E-state index in [1.54, 1.807) is 18.4 Å². The Morgan fingerprint density at radius 2 is 2.00 bits per heavy atom. The summed E-state index contributed by atoms with van der Waals surface area (Å²) in [6.07, 6.45) is 2.60. The van der Waals surface area contributed by atoms with Gasteiger partial charge in [-0.1, -0.05) is 6.07 Å². The van der Waals surface area contributed by atoms with Crippen molar-refractivity contribution in [1.82, 2.24) is 4.90 Å². The second kappa shape index (κ2) is 9.24. The Bertz CT molecular complexity index is 710. The smallest absolute Gasteiger partial charge is 0.218 e. The van der Waals surface area contributed by atoms with E-state index >= 15 is 0 Å². The van der Waals surface area contributed by atoms with Crippen molar-refractivity contribution in [2.24, 2.45) is 5.73 Å². The highest BCUT2D eigenvalue weighted by atomic mass is 32.1. The molecule has 1 amide bonds. The number of primary amides is 1. The van der Waals surface area contributed by atoms with Crippen LogP contribution in [-0.2, 0) is 11.3 Å². The molecule has 2 heterocycles. The first-order valence-electron chi connectivity index (χ1n) is 9.52. The molecule has 0 spiro atoms. The van der Waals surface area contributed by atoms with E-state index in [-0.39, 0.29) is 11.9 Å². The number of methoxy groups -OCH3 is 1. The Hall–Kier alpha value is -2.05. The molecule has 1 unspecified atom stereocenters. The molecule has 146 valence electrons. The van der Waals surface area contributed by atoms with Gasteiger partial charge in [0.15, 0.2) is 0 Å². The normalized spacial score (nSPS) is 16.8. The summed E-state index contributed by atoms with van der Waals surface area (Å²) in [6.45, 7) is 5.01. The summed E-state index contributed by atoms with van der Waals surface area (Å²) in [6, 6.07) is 13.4. The molecule has 1 aromatic heterocycles. The van der Waals surface area contributed by atoms with Crippen LogP contribution >= 0.6 is 11.3 Å². The Morgan fingerprint density at radius 3 is 2.56 bits per heavy atom. The van der Waals surface area contributed by atoms with E-state index < -0.39 is 0 Å². The average molecular weight is 388 g/mol. The number of hydrogen-bond donors (Lipinski definition) is 1. The third kappa shape index (κ3) is 5.23. The van der Waals surface area contributed by atoms with Gasteiger partial charge in [-0.25, -0.2) is 0 Å². The Kier molecular flexibility index (Phi) is 6.74. The Labute approximate surface area is 165 Å². The minimum atomic E-state index is -0.220. The molecule has 2 aromatic rings. The number of hydrogen-bond acceptors (Lipinski definition) is 5. The summed E-state index contributed by atoms with van der Waals surface area (Å²) in [4.78, 5) is 17.5. The number of likely N-dealkylation sites (tertiary alicyclic amines) is 1. The molecule has 0 aliphatic carbocycles. The fourth-order valence-corrected chi connectivity index (χ4v) is 4.54. The lowest BCUT2D eigenvalue weighted by Gasteiger charge is -2.41. The van der Waals surface area contributed by atoms with Crippen LogP contribution in [0.4, 0.5) is 5.69 Å². The van der Waals surface area contributed by atoms with Crippen LogP contribution in [0.2, 0.25) is 0 Å². The molecule has 0 radical (unpaired) electrons. The van der Waals surface area contributed by atoms with Crippen LogP contribution in [0.15, 0.2) is 41.8 Å². The van der Waals surface area contributed by atoms with Gasteiger partial charge in [-0.05, 0) is 55.5 Å². The average Bonchev–Trinajstić information content (AvgIpc) is 3.19. The largest absolute Gasteiger partial charge is 0.497 e. The predicted octanol–water partition coefficient (Wildman–Crippen LogP) is 3.49. The maximum absolute atomic E-state index is 11.2. The van der Waals surface area contributed by atoms with Crippen LogP contribution < -0.4 is 15.4 Å². The van der Waals surface area contributed by atoms with E-state index in [2.05, 4.69) is 46.4 Å². The van der Waals surface area contributed by atoms with Gasteiger partial charge in [-0.3, -0.25) is 9.69 Å². The van der Waals surface area contributed by atoms with Crippen molar-refractivity contribution in [1.29, 1.82) is 0 Å². The van der Waals surface area contributed by atoms with Crippen molar-refractivity contribution in [3.05, 3.63) is 46.7 Å². The highest BCUT2D eigenvalue weighted by Gasteiger charge is 2.28. The molecule has 1 aromatic carbocycles. The maximum atomic E-state index is 11.2. The van der Waals surface area contributed by atoms with E-state index in [1.807, 2.05) is 12.1 Å². The second-order valence-electron chi connectivity index (χ2n) is 7.19. The van der Waals surface area contributed by atoms with Gasteiger partial charge in [0.25, 0.3) is 0 Å². The summed E-state index contributed by atoms with van der Waals surface area (Å²) in [5.41, 5.74) is 6.60. The van der Waals surface area contributed by atoms with E-state index in [0.717, 1.165) is 38.2 Å². The van der Waals surface area contributed by atoms with E-state index in [0.29, 0.717) is 12.5 Å². The number of carbonyl (C=O) groups excluding carboxylic acids is 1. The zero-order valence-corrected chi connectivity index (χ0v) is 17.0. The second-order valence-corrected chi connectivity index (χ2v) is 8.22. The monoisotopic (exact) mass is 387 g/mol. The van der Waals surface area contributed by atoms with Crippen LogP contribution in [0, 0.1) is 0 Å². The zero-order valence-electron chi connectivity index (χ0n) is 16.1. The molecule has 1 saturated heterocycles. The van der Waals surface area contributed by atoms with Gasteiger partial charge in [0, 0.05) is 42.2 Å². The van der Waals surface area contributed by atoms with Crippen molar-refractivity contribution in [3.63, 3.8) is 0 Å². The molecule has 0 bridgehead atoms. The number of thiophene rings is 1. The molecule has 27 heavy (non-hydrogen) atoms.